The molecule has 2 rings (SSSR count). The van der Waals surface area contributed by atoms with E-state index in [2.05, 4.69) is 5.32 Å². The van der Waals surface area contributed by atoms with Gasteiger partial charge in [0.1, 0.15) is 0 Å². The van der Waals surface area contributed by atoms with Gasteiger partial charge in [-0.15, -0.1) is 0 Å². The van der Waals surface area contributed by atoms with E-state index in [4.69, 9.17) is 26.8 Å². The molecule has 0 aliphatic rings. The molecular formula is C19H21ClN2O4. The van der Waals surface area contributed by atoms with Crippen molar-refractivity contribution in [3.63, 3.8) is 0 Å². The maximum absolute atomic E-state index is 12.5. The van der Waals surface area contributed by atoms with Crippen molar-refractivity contribution >= 4 is 29.1 Å². The molecule has 2 amide bonds. The minimum absolute atomic E-state index is 0.304. The van der Waals surface area contributed by atoms with Crippen LogP contribution in [-0.4, -0.2) is 25.0 Å². The van der Waals surface area contributed by atoms with E-state index in [-0.39, 0.29) is 5.91 Å². The number of hydrogen-bond acceptors (Lipinski definition) is 4. The van der Waals surface area contributed by atoms with Gasteiger partial charge in [-0.1, -0.05) is 18.5 Å². The lowest BCUT2D eigenvalue weighted by atomic mass is 10.1. The number of primary amides is 1. The van der Waals surface area contributed by atoms with Gasteiger partial charge in [0.25, 0.3) is 5.91 Å². The van der Waals surface area contributed by atoms with Crippen molar-refractivity contribution in [3.8, 4) is 11.5 Å². The maximum atomic E-state index is 12.5. The van der Waals surface area contributed by atoms with Crippen LogP contribution in [0.4, 0.5) is 5.69 Å². The first kappa shape index (κ1) is 19.6. The summed E-state index contributed by atoms with van der Waals surface area (Å²) in [5.74, 6) is -0.0409. The SMILES string of the molecule is CCCOc1c(Cl)cc(C(=O)Nc2ccc(C(N)=O)cc2)cc1OCC. The molecular weight excluding hydrogens is 356 g/mol. The smallest absolute Gasteiger partial charge is 0.255 e. The monoisotopic (exact) mass is 376 g/mol. The third-order valence-corrected chi connectivity index (χ3v) is 3.73. The number of nitrogens with one attached hydrogen (secondary N) is 1. The Bertz CT molecular complexity index is 791. The summed E-state index contributed by atoms with van der Waals surface area (Å²) in [6, 6.07) is 9.40. The van der Waals surface area contributed by atoms with Gasteiger partial charge in [-0.25, -0.2) is 0 Å². The Labute approximate surface area is 157 Å². The average Bonchev–Trinajstić information content (AvgIpc) is 2.61. The highest BCUT2D eigenvalue weighted by Gasteiger charge is 2.16. The van der Waals surface area contributed by atoms with Gasteiger partial charge in [0.05, 0.1) is 18.2 Å². The first-order valence-corrected chi connectivity index (χ1v) is 8.64. The van der Waals surface area contributed by atoms with Crippen LogP contribution in [0.1, 0.15) is 41.0 Å². The number of amides is 2. The first-order valence-electron chi connectivity index (χ1n) is 8.26. The normalized spacial score (nSPS) is 10.3. The van der Waals surface area contributed by atoms with Crippen LogP contribution in [0.25, 0.3) is 0 Å². The Morgan fingerprint density at radius 3 is 2.35 bits per heavy atom. The molecule has 0 spiro atoms. The predicted molar refractivity (Wildman–Crippen MR) is 101 cm³/mol. The van der Waals surface area contributed by atoms with Crippen molar-refractivity contribution in [2.24, 2.45) is 5.73 Å². The topological polar surface area (TPSA) is 90.6 Å². The highest BCUT2D eigenvalue weighted by molar-refractivity contribution is 6.32. The highest BCUT2D eigenvalue weighted by atomic mass is 35.5. The lowest BCUT2D eigenvalue weighted by Crippen LogP contribution is -2.14. The summed E-state index contributed by atoms with van der Waals surface area (Å²) in [5.41, 5.74) is 6.43. The van der Waals surface area contributed by atoms with Crippen molar-refractivity contribution in [2.45, 2.75) is 20.3 Å². The summed E-state index contributed by atoms with van der Waals surface area (Å²) in [7, 11) is 0. The van der Waals surface area contributed by atoms with E-state index < -0.39 is 5.91 Å². The number of carbonyl (C=O) groups is 2. The molecule has 0 aliphatic carbocycles. The summed E-state index contributed by atoms with van der Waals surface area (Å²) in [4.78, 5) is 23.6. The molecule has 0 bridgehead atoms. The van der Waals surface area contributed by atoms with Crippen molar-refractivity contribution in [1.82, 2.24) is 0 Å². The van der Waals surface area contributed by atoms with Gasteiger partial charge in [0.15, 0.2) is 11.5 Å². The standard InChI is InChI=1S/C19H21ClN2O4/c1-3-9-26-17-15(20)10-13(11-16(17)25-4-2)19(24)22-14-7-5-12(6-8-14)18(21)23/h5-8,10-11H,3-4,9H2,1-2H3,(H2,21,23)(H,22,24). The van der Waals surface area contributed by atoms with Gasteiger partial charge in [-0.2, -0.15) is 0 Å². The Hall–Kier alpha value is -2.73. The molecule has 0 aromatic heterocycles. The minimum atomic E-state index is -0.529. The van der Waals surface area contributed by atoms with Crippen LogP contribution in [0, 0.1) is 0 Å². The minimum Gasteiger partial charge on any atom is -0.490 e. The summed E-state index contributed by atoms with van der Waals surface area (Å²) in [5, 5.41) is 3.04. The fourth-order valence-corrected chi connectivity index (χ4v) is 2.49. The summed E-state index contributed by atoms with van der Waals surface area (Å²) >= 11 is 6.27. The average molecular weight is 377 g/mol. The number of benzene rings is 2. The molecule has 0 heterocycles. The van der Waals surface area contributed by atoms with Crippen molar-refractivity contribution in [1.29, 1.82) is 0 Å². The van der Waals surface area contributed by atoms with Crippen LogP contribution < -0.4 is 20.5 Å². The third-order valence-electron chi connectivity index (χ3n) is 3.45. The van der Waals surface area contributed by atoms with Gasteiger partial charge in [-0.05, 0) is 49.7 Å². The molecule has 0 saturated heterocycles. The van der Waals surface area contributed by atoms with E-state index >= 15 is 0 Å². The molecule has 3 N–H and O–H groups in total. The molecule has 0 aliphatic heterocycles. The molecule has 6 nitrogen and oxygen atoms in total. The number of nitrogens with two attached hydrogens (primary N) is 1. The predicted octanol–water partition coefficient (Wildman–Crippen LogP) is 3.88. The fourth-order valence-electron chi connectivity index (χ4n) is 2.23. The summed E-state index contributed by atoms with van der Waals surface area (Å²) in [6.45, 7) is 4.74. The van der Waals surface area contributed by atoms with E-state index in [1.165, 1.54) is 18.2 Å². The van der Waals surface area contributed by atoms with Crippen LogP contribution >= 0.6 is 11.6 Å². The van der Waals surface area contributed by atoms with Gasteiger partial charge in [0, 0.05) is 16.8 Å². The number of halogens is 1. The molecule has 138 valence electrons. The number of ether oxygens (including phenoxy) is 2. The van der Waals surface area contributed by atoms with Gasteiger partial charge in [-0.3, -0.25) is 9.59 Å². The van der Waals surface area contributed by atoms with E-state index in [0.29, 0.717) is 46.5 Å². The Morgan fingerprint density at radius 1 is 1.08 bits per heavy atom. The molecule has 7 heteroatoms. The second-order valence-electron chi connectivity index (χ2n) is 5.46. The lowest BCUT2D eigenvalue weighted by molar-refractivity contribution is 0.0998. The molecule has 2 aromatic rings. The number of anilines is 1. The molecule has 0 fully saturated rings. The molecule has 2 aromatic carbocycles. The number of hydrogen-bond donors (Lipinski definition) is 2. The van der Waals surface area contributed by atoms with Crippen molar-refractivity contribution < 1.29 is 19.1 Å². The van der Waals surface area contributed by atoms with Crippen molar-refractivity contribution in [3.05, 3.63) is 52.5 Å². The largest absolute Gasteiger partial charge is 0.490 e. The van der Waals surface area contributed by atoms with Crippen LogP contribution in [-0.2, 0) is 0 Å². The molecule has 0 saturated carbocycles. The maximum Gasteiger partial charge on any atom is 0.255 e. The van der Waals surface area contributed by atoms with E-state index in [0.717, 1.165) is 6.42 Å². The zero-order chi connectivity index (χ0) is 19.1. The van der Waals surface area contributed by atoms with Gasteiger partial charge >= 0.3 is 0 Å². The Balaban J connectivity index is 2.23. The molecule has 26 heavy (non-hydrogen) atoms. The molecule has 0 unspecified atom stereocenters. The lowest BCUT2D eigenvalue weighted by Gasteiger charge is -2.15. The van der Waals surface area contributed by atoms with Gasteiger partial charge in [0.2, 0.25) is 5.91 Å². The van der Waals surface area contributed by atoms with E-state index in [1.807, 2.05) is 13.8 Å². The zero-order valence-electron chi connectivity index (χ0n) is 14.7. The van der Waals surface area contributed by atoms with E-state index in [9.17, 15) is 9.59 Å². The van der Waals surface area contributed by atoms with Crippen LogP contribution in [0.2, 0.25) is 5.02 Å². The summed E-state index contributed by atoms with van der Waals surface area (Å²) in [6.07, 6.45) is 0.825. The number of carbonyl (C=O) groups excluding carboxylic acids is 2. The zero-order valence-corrected chi connectivity index (χ0v) is 15.4. The molecule has 0 atom stereocenters. The van der Waals surface area contributed by atoms with Crippen molar-refractivity contribution in [2.75, 3.05) is 18.5 Å². The van der Waals surface area contributed by atoms with Gasteiger partial charge < -0.3 is 20.5 Å². The molecule has 0 radical (unpaired) electrons. The van der Waals surface area contributed by atoms with Crippen LogP contribution in [0.5, 0.6) is 11.5 Å². The third kappa shape index (κ3) is 4.89. The van der Waals surface area contributed by atoms with Crippen LogP contribution in [0.3, 0.4) is 0 Å². The Kier molecular flexibility index (Phi) is 6.86. The fraction of sp³-hybridized carbons (Fsp3) is 0.263. The number of rotatable bonds is 8. The second-order valence-corrected chi connectivity index (χ2v) is 5.87. The Morgan fingerprint density at radius 2 is 1.77 bits per heavy atom. The van der Waals surface area contributed by atoms with E-state index in [1.54, 1.807) is 18.2 Å². The highest BCUT2D eigenvalue weighted by Crippen LogP contribution is 2.37. The quantitative estimate of drug-likeness (QED) is 0.731. The first-order chi connectivity index (χ1) is 12.5. The second kappa shape index (κ2) is 9.10. The summed E-state index contributed by atoms with van der Waals surface area (Å²) < 4.78 is 11.2. The van der Waals surface area contributed by atoms with Crippen LogP contribution in [0.15, 0.2) is 36.4 Å².